The molecular weight excluding hydrogens is 236 g/mol. The fraction of sp³-hybridized carbons (Fsp3) is 0.385. The summed E-state index contributed by atoms with van der Waals surface area (Å²) in [4.78, 5) is 19.9. The van der Waals surface area contributed by atoms with Gasteiger partial charge in [0.05, 0.1) is 12.5 Å². The van der Waals surface area contributed by atoms with Crippen LogP contribution in [0.3, 0.4) is 0 Å². The van der Waals surface area contributed by atoms with Gasteiger partial charge in [0.1, 0.15) is 0 Å². The quantitative estimate of drug-likeness (QED) is 0.807. The van der Waals surface area contributed by atoms with Crippen molar-refractivity contribution in [3.8, 4) is 0 Å². The Hall–Kier alpha value is -2.04. The van der Waals surface area contributed by atoms with Crippen molar-refractivity contribution in [1.82, 2.24) is 0 Å². The number of carbonyl (C=O) groups is 2. The molecule has 0 fully saturated rings. The van der Waals surface area contributed by atoms with Gasteiger partial charge in [-0.1, -0.05) is 37.3 Å². The summed E-state index contributed by atoms with van der Waals surface area (Å²) in [6, 6.07) is 9.98. The zero-order chi connectivity index (χ0) is 14.0. The van der Waals surface area contributed by atoms with E-state index in [1.165, 1.54) is 5.56 Å². The highest BCUT2D eigenvalue weighted by molar-refractivity contribution is 5.72. The van der Waals surface area contributed by atoms with E-state index in [-0.39, 0.29) is 11.9 Å². The smallest absolute Gasteiger partial charge is 0.466 e. The van der Waals surface area contributed by atoms with Crippen LogP contribution in [0, 0.1) is 5.92 Å². The van der Waals surface area contributed by atoms with E-state index in [0.717, 1.165) is 6.42 Å². The standard InChI is InChI=1S/C12H16O2.CH2O3/c1-3-14-12(13)10(2)9-11-7-5-4-6-8-11;2-1(3)4/h4-8,10H,3,9H2,1-2H3;(H2,2,3,4). The number of carbonyl (C=O) groups excluding carboxylic acids is 1. The summed E-state index contributed by atoms with van der Waals surface area (Å²) in [5.41, 5.74) is 1.17. The molecule has 5 heteroatoms. The summed E-state index contributed by atoms with van der Waals surface area (Å²) in [5.74, 6) is -0.172. The van der Waals surface area contributed by atoms with Gasteiger partial charge >= 0.3 is 12.1 Å². The Morgan fingerprint density at radius 2 is 1.72 bits per heavy atom. The SMILES string of the molecule is CCOC(=O)C(C)Cc1ccccc1.O=C(O)O. The number of carboxylic acid groups (broad SMARTS) is 2. The first-order chi connectivity index (χ1) is 8.47. The van der Waals surface area contributed by atoms with Crippen LogP contribution in [0.4, 0.5) is 4.79 Å². The minimum atomic E-state index is -1.83. The molecule has 1 aromatic rings. The number of hydrogen-bond donors (Lipinski definition) is 2. The molecule has 1 unspecified atom stereocenters. The minimum Gasteiger partial charge on any atom is -0.466 e. The van der Waals surface area contributed by atoms with E-state index in [9.17, 15) is 4.79 Å². The van der Waals surface area contributed by atoms with Crippen molar-refractivity contribution in [2.24, 2.45) is 5.92 Å². The van der Waals surface area contributed by atoms with Crippen LogP contribution in [0.25, 0.3) is 0 Å². The van der Waals surface area contributed by atoms with Crippen molar-refractivity contribution in [2.75, 3.05) is 6.61 Å². The molecule has 1 atom stereocenters. The van der Waals surface area contributed by atoms with Crippen LogP contribution in [0.1, 0.15) is 19.4 Å². The summed E-state index contributed by atoms with van der Waals surface area (Å²) in [6.07, 6.45) is -1.08. The number of rotatable bonds is 4. The molecule has 0 spiro atoms. The lowest BCUT2D eigenvalue weighted by Gasteiger charge is -2.09. The summed E-state index contributed by atoms with van der Waals surface area (Å²) in [5, 5.41) is 13.9. The molecule has 0 aliphatic carbocycles. The average molecular weight is 254 g/mol. The number of ether oxygens (including phenoxy) is 1. The largest absolute Gasteiger partial charge is 0.503 e. The third kappa shape index (κ3) is 8.15. The summed E-state index contributed by atoms with van der Waals surface area (Å²) < 4.78 is 4.94. The third-order valence-electron chi connectivity index (χ3n) is 2.07. The van der Waals surface area contributed by atoms with Crippen molar-refractivity contribution < 1.29 is 24.5 Å². The third-order valence-corrected chi connectivity index (χ3v) is 2.07. The summed E-state index contributed by atoms with van der Waals surface area (Å²) in [7, 11) is 0. The molecule has 0 aliphatic heterocycles. The highest BCUT2D eigenvalue weighted by Gasteiger charge is 2.13. The zero-order valence-electron chi connectivity index (χ0n) is 10.5. The van der Waals surface area contributed by atoms with E-state index in [0.29, 0.717) is 6.61 Å². The van der Waals surface area contributed by atoms with Crippen LogP contribution in [0.15, 0.2) is 30.3 Å². The van der Waals surface area contributed by atoms with Gasteiger partial charge in [0.2, 0.25) is 0 Å². The van der Waals surface area contributed by atoms with E-state index < -0.39 is 6.16 Å². The van der Waals surface area contributed by atoms with Crippen molar-refractivity contribution >= 4 is 12.1 Å². The van der Waals surface area contributed by atoms with Crippen LogP contribution in [0.5, 0.6) is 0 Å². The second-order valence-electron chi connectivity index (χ2n) is 3.63. The fourth-order valence-electron chi connectivity index (χ4n) is 1.34. The topological polar surface area (TPSA) is 83.8 Å². The Morgan fingerprint density at radius 1 is 1.22 bits per heavy atom. The highest BCUT2D eigenvalue weighted by atomic mass is 16.6. The minimum absolute atomic E-state index is 0.0580. The first kappa shape index (κ1) is 16.0. The Bertz CT molecular complexity index is 357. The van der Waals surface area contributed by atoms with Crippen LogP contribution >= 0.6 is 0 Å². The van der Waals surface area contributed by atoms with E-state index in [1.807, 2.05) is 44.2 Å². The second-order valence-corrected chi connectivity index (χ2v) is 3.63. The van der Waals surface area contributed by atoms with Crippen molar-refractivity contribution in [3.05, 3.63) is 35.9 Å². The predicted octanol–water partition coefficient (Wildman–Crippen LogP) is 2.65. The molecule has 18 heavy (non-hydrogen) atoms. The van der Waals surface area contributed by atoms with E-state index in [1.54, 1.807) is 0 Å². The van der Waals surface area contributed by atoms with Gasteiger partial charge in [0, 0.05) is 0 Å². The molecule has 1 rings (SSSR count). The Kier molecular flexibility index (Phi) is 8.01. The molecule has 0 aromatic heterocycles. The van der Waals surface area contributed by atoms with Crippen LogP contribution in [-0.4, -0.2) is 28.9 Å². The summed E-state index contributed by atoms with van der Waals surface area (Å²) >= 11 is 0. The normalized spacial score (nSPS) is 10.8. The van der Waals surface area contributed by atoms with E-state index in [4.69, 9.17) is 19.7 Å². The molecule has 2 N–H and O–H groups in total. The molecule has 0 heterocycles. The van der Waals surface area contributed by atoms with Gasteiger partial charge in [0.15, 0.2) is 0 Å². The van der Waals surface area contributed by atoms with Gasteiger partial charge in [0.25, 0.3) is 0 Å². The van der Waals surface area contributed by atoms with Gasteiger partial charge < -0.3 is 14.9 Å². The Morgan fingerprint density at radius 3 is 2.17 bits per heavy atom. The lowest BCUT2D eigenvalue weighted by molar-refractivity contribution is -0.147. The van der Waals surface area contributed by atoms with Crippen LogP contribution in [0.2, 0.25) is 0 Å². The van der Waals surface area contributed by atoms with Crippen LogP contribution < -0.4 is 0 Å². The average Bonchev–Trinajstić information content (AvgIpc) is 2.30. The number of benzene rings is 1. The molecule has 0 radical (unpaired) electrons. The first-order valence-corrected chi connectivity index (χ1v) is 5.59. The molecule has 100 valence electrons. The molecule has 1 aromatic carbocycles. The zero-order valence-corrected chi connectivity index (χ0v) is 10.5. The fourth-order valence-corrected chi connectivity index (χ4v) is 1.34. The maximum Gasteiger partial charge on any atom is 0.503 e. The lowest BCUT2D eigenvalue weighted by Crippen LogP contribution is -2.16. The highest BCUT2D eigenvalue weighted by Crippen LogP contribution is 2.09. The second kappa shape index (κ2) is 9.04. The van der Waals surface area contributed by atoms with Gasteiger partial charge in [-0.15, -0.1) is 0 Å². The molecular formula is C13H18O5. The van der Waals surface area contributed by atoms with Gasteiger partial charge in [-0.2, -0.15) is 0 Å². The maximum absolute atomic E-state index is 11.3. The molecule has 0 saturated heterocycles. The molecule has 0 bridgehead atoms. The lowest BCUT2D eigenvalue weighted by atomic mass is 10.0. The Labute approximate surface area is 106 Å². The van der Waals surface area contributed by atoms with Crippen molar-refractivity contribution in [1.29, 1.82) is 0 Å². The molecule has 0 aliphatic rings. The van der Waals surface area contributed by atoms with Crippen molar-refractivity contribution in [2.45, 2.75) is 20.3 Å². The molecule has 0 saturated carbocycles. The van der Waals surface area contributed by atoms with Gasteiger partial charge in [-0.3, -0.25) is 4.79 Å². The van der Waals surface area contributed by atoms with Gasteiger partial charge in [-0.25, -0.2) is 4.79 Å². The van der Waals surface area contributed by atoms with Crippen LogP contribution in [-0.2, 0) is 16.0 Å². The summed E-state index contributed by atoms with van der Waals surface area (Å²) in [6.45, 7) is 4.18. The molecule has 5 nitrogen and oxygen atoms in total. The number of esters is 1. The Balaban J connectivity index is 0.000000631. The maximum atomic E-state index is 11.3. The monoisotopic (exact) mass is 254 g/mol. The molecule has 0 amide bonds. The van der Waals surface area contributed by atoms with Crippen molar-refractivity contribution in [3.63, 3.8) is 0 Å². The van der Waals surface area contributed by atoms with Gasteiger partial charge in [-0.05, 0) is 18.9 Å². The number of hydrogen-bond acceptors (Lipinski definition) is 3. The van der Waals surface area contributed by atoms with E-state index in [2.05, 4.69) is 0 Å². The first-order valence-electron chi connectivity index (χ1n) is 5.59. The predicted molar refractivity (Wildman–Crippen MR) is 66.6 cm³/mol. The van der Waals surface area contributed by atoms with E-state index >= 15 is 0 Å².